The highest BCUT2D eigenvalue weighted by atomic mass is 32.2. The molecule has 2 atom stereocenters. The maximum absolute atomic E-state index is 9.15. The van der Waals surface area contributed by atoms with Gasteiger partial charge in [-0.3, -0.25) is 0 Å². The number of aliphatic hydroxyl groups excluding tert-OH is 1. The van der Waals surface area contributed by atoms with Crippen LogP contribution in [0, 0.1) is 5.41 Å². The van der Waals surface area contributed by atoms with E-state index in [4.69, 9.17) is 5.11 Å². The molecule has 3 heteroatoms. The van der Waals surface area contributed by atoms with Gasteiger partial charge in [-0.25, -0.2) is 0 Å². The van der Waals surface area contributed by atoms with Crippen LogP contribution in [0.3, 0.4) is 0 Å². The van der Waals surface area contributed by atoms with Gasteiger partial charge < -0.3 is 10.4 Å². The minimum Gasteiger partial charge on any atom is -0.396 e. The molecular formula is C11H23NOS. The lowest BCUT2D eigenvalue weighted by Gasteiger charge is -2.27. The molecular weight excluding hydrogens is 194 g/mol. The van der Waals surface area contributed by atoms with Crippen molar-refractivity contribution in [2.75, 3.05) is 19.4 Å². The molecule has 0 radical (unpaired) electrons. The van der Waals surface area contributed by atoms with E-state index >= 15 is 0 Å². The van der Waals surface area contributed by atoms with Gasteiger partial charge in [-0.15, -0.1) is 0 Å². The summed E-state index contributed by atoms with van der Waals surface area (Å²) in [5.74, 6) is 0. The minimum absolute atomic E-state index is 0.0194. The Bertz CT molecular complexity index is 173. The van der Waals surface area contributed by atoms with Crippen LogP contribution in [0.25, 0.3) is 0 Å². The second-order valence-corrected chi connectivity index (χ2v) is 6.09. The van der Waals surface area contributed by atoms with Crippen molar-refractivity contribution in [1.29, 1.82) is 0 Å². The molecule has 0 saturated heterocycles. The Hall–Kier alpha value is 0.270. The Kier molecular flexibility index (Phi) is 4.74. The first-order chi connectivity index (χ1) is 6.59. The van der Waals surface area contributed by atoms with Gasteiger partial charge in [0.2, 0.25) is 0 Å². The lowest BCUT2D eigenvalue weighted by Crippen LogP contribution is -2.41. The Morgan fingerprint density at radius 2 is 2.14 bits per heavy atom. The predicted molar refractivity (Wildman–Crippen MR) is 63.8 cm³/mol. The summed E-state index contributed by atoms with van der Waals surface area (Å²) in [5.41, 5.74) is 0.0194. The van der Waals surface area contributed by atoms with E-state index in [1.54, 1.807) is 0 Å². The average Bonchev–Trinajstić information content (AvgIpc) is 2.62. The maximum atomic E-state index is 9.15. The monoisotopic (exact) mass is 217 g/mol. The highest BCUT2D eigenvalue weighted by Crippen LogP contribution is 2.28. The first-order valence-electron chi connectivity index (χ1n) is 5.46. The molecule has 0 aromatic heterocycles. The van der Waals surface area contributed by atoms with Crippen LogP contribution in [-0.4, -0.2) is 35.8 Å². The third-order valence-corrected chi connectivity index (χ3v) is 4.20. The average molecular weight is 217 g/mol. The van der Waals surface area contributed by atoms with Crippen LogP contribution in [-0.2, 0) is 0 Å². The lowest BCUT2D eigenvalue weighted by molar-refractivity contribution is 0.153. The van der Waals surface area contributed by atoms with Crippen molar-refractivity contribution in [3.05, 3.63) is 0 Å². The Balaban J connectivity index is 2.30. The number of aliphatic hydroxyl groups is 1. The molecule has 0 aliphatic heterocycles. The van der Waals surface area contributed by atoms with Crippen LogP contribution < -0.4 is 5.32 Å². The predicted octanol–water partition coefficient (Wildman–Crippen LogP) is 1.88. The molecule has 2 nitrogen and oxygen atoms in total. The lowest BCUT2D eigenvalue weighted by atomic mass is 9.94. The molecule has 0 spiro atoms. The van der Waals surface area contributed by atoms with Crippen molar-refractivity contribution in [2.24, 2.45) is 5.41 Å². The molecule has 14 heavy (non-hydrogen) atoms. The maximum Gasteiger partial charge on any atom is 0.0494 e. The second-order valence-electron chi connectivity index (χ2n) is 5.01. The number of rotatable bonds is 5. The van der Waals surface area contributed by atoms with Gasteiger partial charge in [0.1, 0.15) is 0 Å². The summed E-state index contributed by atoms with van der Waals surface area (Å²) in [6, 6.07) is 0.663. The summed E-state index contributed by atoms with van der Waals surface area (Å²) in [6.07, 6.45) is 6.19. The zero-order chi connectivity index (χ0) is 10.6. The van der Waals surface area contributed by atoms with E-state index in [9.17, 15) is 0 Å². The minimum atomic E-state index is 0.0194. The largest absolute Gasteiger partial charge is 0.396 e. The summed E-state index contributed by atoms with van der Waals surface area (Å²) < 4.78 is 0. The van der Waals surface area contributed by atoms with Crippen LogP contribution in [0.15, 0.2) is 0 Å². The summed E-state index contributed by atoms with van der Waals surface area (Å²) in [7, 11) is 0. The van der Waals surface area contributed by atoms with Crippen molar-refractivity contribution >= 4 is 11.8 Å². The van der Waals surface area contributed by atoms with Gasteiger partial charge in [-0.1, -0.05) is 20.3 Å². The standard InChI is InChI=1S/C11H23NOS/c1-11(2,8-13)7-12-9-5-4-6-10(9)14-3/h9-10,12-13H,4-8H2,1-3H3. The van der Waals surface area contributed by atoms with Crippen LogP contribution in [0.1, 0.15) is 33.1 Å². The molecule has 1 rings (SSSR count). The molecule has 84 valence electrons. The van der Waals surface area contributed by atoms with Gasteiger partial charge >= 0.3 is 0 Å². The topological polar surface area (TPSA) is 32.3 Å². The van der Waals surface area contributed by atoms with Gasteiger partial charge in [-0.05, 0) is 19.1 Å². The third-order valence-electron chi connectivity index (χ3n) is 3.03. The molecule has 0 amide bonds. The van der Waals surface area contributed by atoms with Gasteiger partial charge in [0.25, 0.3) is 0 Å². The van der Waals surface area contributed by atoms with Crippen LogP contribution in [0.2, 0.25) is 0 Å². The normalized spacial score (nSPS) is 28.3. The first kappa shape index (κ1) is 12.3. The van der Waals surface area contributed by atoms with E-state index in [1.807, 2.05) is 11.8 Å². The van der Waals surface area contributed by atoms with E-state index < -0.39 is 0 Å². The first-order valence-corrected chi connectivity index (χ1v) is 6.75. The van der Waals surface area contributed by atoms with Gasteiger partial charge in [0.15, 0.2) is 0 Å². The summed E-state index contributed by atoms with van der Waals surface area (Å²) in [4.78, 5) is 0. The summed E-state index contributed by atoms with van der Waals surface area (Å²) in [5, 5.41) is 13.5. The van der Waals surface area contributed by atoms with E-state index in [1.165, 1.54) is 19.3 Å². The van der Waals surface area contributed by atoms with Crippen LogP contribution >= 0.6 is 11.8 Å². The Labute approximate surface area is 91.9 Å². The van der Waals surface area contributed by atoms with Crippen LogP contribution in [0.5, 0.6) is 0 Å². The van der Waals surface area contributed by atoms with Gasteiger partial charge in [-0.2, -0.15) is 11.8 Å². The van der Waals surface area contributed by atoms with Crippen molar-refractivity contribution in [1.82, 2.24) is 5.32 Å². The summed E-state index contributed by atoms with van der Waals surface area (Å²) >= 11 is 1.97. The van der Waals surface area contributed by atoms with E-state index in [2.05, 4.69) is 25.4 Å². The van der Waals surface area contributed by atoms with Crippen molar-refractivity contribution < 1.29 is 5.11 Å². The van der Waals surface area contributed by atoms with Gasteiger partial charge in [0.05, 0.1) is 0 Å². The van der Waals surface area contributed by atoms with Crippen molar-refractivity contribution in [2.45, 2.75) is 44.4 Å². The van der Waals surface area contributed by atoms with Crippen molar-refractivity contribution in [3.8, 4) is 0 Å². The van der Waals surface area contributed by atoms with E-state index in [0.717, 1.165) is 11.8 Å². The molecule has 1 aliphatic carbocycles. The highest BCUT2D eigenvalue weighted by molar-refractivity contribution is 7.99. The fourth-order valence-corrected chi connectivity index (χ4v) is 2.87. The van der Waals surface area contributed by atoms with Crippen molar-refractivity contribution in [3.63, 3.8) is 0 Å². The number of hydrogen-bond donors (Lipinski definition) is 2. The highest BCUT2D eigenvalue weighted by Gasteiger charge is 2.27. The molecule has 0 aromatic rings. The smallest absolute Gasteiger partial charge is 0.0494 e. The molecule has 0 aromatic carbocycles. The molecule has 2 unspecified atom stereocenters. The third kappa shape index (κ3) is 3.44. The molecule has 0 bridgehead atoms. The van der Waals surface area contributed by atoms with E-state index in [0.29, 0.717) is 6.04 Å². The molecule has 0 heterocycles. The SMILES string of the molecule is CSC1CCCC1NCC(C)(C)CO. The number of hydrogen-bond acceptors (Lipinski definition) is 3. The summed E-state index contributed by atoms with van der Waals surface area (Å²) in [6.45, 7) is 5.38. The second kappa shape index (κ2) is 5.38. The fourth-order valence-electron chi connectivity index (χ4n) is 1.90. The molecule has 1 fully saturated rings. The Morgan fingerprint density at radius 1 is 1.43 bits per heavy atom. The van der Waals surface area contributed by atoms with E-state index in [-0.39, 0.29) is 12.0 Å². The molecule has 1 aliphatic rings. The zero-order valence-electron chi connectivity index (χ0n) is 9.55. The number of nitrogens with one attached hydrogen (secondary N) is 1. The quantitative estimate of drug-likeness (QED) is 0.737. The Morgan fingerprint density at radius 3 is 2.71 bits per heavy atom. The molecule has 1 saturated carbocycles. The number of thioether (sulfide) groups is 1. The van der Waals surface area contributed by atoms with Gasteiger partial charge in [0, 0.05) is 29.9 Å². The molecule has 2 N–H and O–H groups in total. The zero-order valence-corrected chi connectivity index (χ0v) is 10.4. The fraction of sp³-hybridized carbons (Fsp3) is 1.00. The van der Waals surface area contributed by atoms with Crippen LogP contribution in [0.4, 0.5) is 0 Å².